The lowest BCUT2D eigenvalue weighted by Gasteiger charge is -2.22. The number of hydrogen-bond acceptors (Lipinski definition) is 2. The Morgan fingerprint density at radius 2 is 1.52 bits per heavy atom. The van der Waals surface area contributed by atoms with Gasteiger partial charge in [0.2, 0.25) is 0 Å². The minimum atomic E-state index is -3.05. The van der Waals surface area contributed by atoms with Gasteiger partial charge in [0.1, 0.15) is 5.73 Å². The van der Waals surface area contributed by atoms with Gasteiger partial charge in [-0.25, -0.2) is 4.79 Å². The van der Waals surface area contributed by atoms with Crippen molar-refractivity contribution in [2.24, 2.45) is 0 Å². The van der Waals surface area contributed by atoms with Gasteiger partial charge in [-0.15, -0.1) is 33.2 Å². The number of hydrogen-bond donors (Lipinski definition) is 0. The molecule has 2 nitrogen and oxygen atoms in total. The van der Waals surface area contributed by atoms with Crippen LogP contribution >= 0.6 is 33.2 Å². The summed E-state index contributed by atoms with van der Waals surface area (Å²) in [5.74, 6) is -0.474. The lowest BCUT2D eigenvalue weighted by Crippen LogP contribution is -2.36. The van der Waals surface area contributed by atoms with Crippen LogP contribution in [0.4, 0.5) is 0 Å². The molecular formula is C15H27Cl3O2Si. The smallest absolute Gasteiger partial charge is 0.381 e. The van der Waals surface area contributed by atoms with Gasteiger partial charge in [0, 0.05) is 5.57 Å². The molecule has 0 aromatic heterocycles. The average molecular weight is 374 g/mol. The summed E-state index contributed by atoms with van der Waals surface area (Å²) in [5, 5.41) is 0. The number of ether oxygens (including phenoxy) is 1. The van der Waals surface area contributed by atoms with E-state index >= 15 is 0 Å². The number of rotatable bonds is 12. The second-order valence-electron chi connectivity index (χ2n) is 5.48. The summed E-state index contributed by atoms with van der Waals surface area (Å²) in [6, 6.07) is -3.05. The average Bonchev–Trinajstić information content (AvgIpc) is 2.38. The molecule has 0 spiro atoms. The zero-order chi connectivity index (χ0) is 16.3. The predicted octanol–water partition coefficient (Wildman–Crippen LogP) is 6.20. The van der Waals surface area contributed by atoms with E-state index < -0.39 is 17.7 Å². The second-order valence-corrected chi connectivity index (χ2v) is 14.3. The maximum absolute atomic E-state index is 11.6. The highest BCUT2D eigenvalue weighted by Gasteiger charge is 2.39. The molecule has 0 N–H and O–H groups in total. The van der Waals surface area contributed by atoms with Gasteiger partial charge < -0.3 is 4.74 Å². The monoisotopic (exact) mass is 372 g/mol. The molecule has 0 fully saturated rings. The lowest BCUT2D eigenvalue weighted by atomic mass is 10.1. The lowest BCUT2D eigenvalue weighted by molar-refractivity contribution is -0.141. The molecular weight excluding hydrogens is 347 g/mol. The van der Waals surface area contributed by atoms with Crippen LogP contribution in [0.1, 0.15) is 71.6 Å². The van der Waals surface area contributed by atoms with Gasteiger partial charge in [0.05, 0.1) is 0 Å². The zero-order valence-corrected chi connectivity index (χ0v) is 16.4. The van der Waals surface area contributed by atoms with Crippen molar-refractivity contribution in [2.45, 2.75) is 77.4 Å². The van der Waals surface area contributed by atoms with Crippen molar-refractivity contribution >= 4 is 45.2 Å². The summed E-state index contributed by atoms with van der Waals surface area (Å²) in [6.07, 6.45) is 10.3. The van der Waals surface area contributed by atoms with Crippen LogP contribution in [0.2, 0.25) is 0 Å². The topological polar surface area (TPSA) is 26.3 Å². The largest absolute Gasteiger partial charge is 0.458 e. The Bertz CT molecular complexity index is 317. The number of halogens is 3. The molecule has 0 bridgehead atoms. The fraction of sp³-hybridized carbons (Fsp3) is 0.800. The first-order valence-electron chi connectivity index (χ1n) is 7.72. The van der Waals surface area contributed by atoms with Crippen LogP contribution in [0, 0.1) is 0 Å². The summed E-state index contributed by atoms with van der Waals surface area (Å²) in [6.45, 7) is 7.36. The quantitative estimate of drug-likeness (QED) is 0.134. The summed E-state index contributed by atoms with van der Waals surface area (Å²) < 4.78 is 5.26. The first kappa shape index (κ1) is 21.3. The van der Waals surface area contributed by atoms with Crippen LogP contribution < -0.4 is 0 Å². The highest BCUT2D eigenvalue weighted by molar-refractivity contribution is 7.65. The Hall–Kier alpha value is 0.297. The molecule has 0 aliphatic carbocycles. The van der Waals surface area contributed by atoms with E-state index in [1.165, 1.54) is 38.5 Å². The van der Waals surface area contributed by atoms with Gasteiger partial charge >= 0.3 is 12.0 Å². The number of unbranched alkanes of at least 4 members (excludes halogenated alkanes) is 7. The fourth-order valence-corrected chi connectivity index (χ4v) is 4.14. The van der Waals surface area contributed by atoms with E-state index in [2.05, 4.69) is 13.5 Å². The third-order valence-corrected chi connectivity index (χ3v) is 6.61. The van der Waals surface area contributed by atoms with Crippen LogP contribution in [0.5, 0.6) is 0 Å². The summed E-state index contributed by atoms with van der Waals surface area (Å²) >= 11 is 18.0. The Morgan fingerprint density at radius 1 is 1.05 bits per heavy atom. The van der Waals surface area contributed by atoms with Gasteiger partial charge in [0.25, 0.3) is 0 Å². The maximum atomic E-state index is 11.6. The summed E-state index contributed by atoms with van der Waals surface area (Å²) in [4.78, 5) is 11.6. The number of esters is 1. The van der Waals surface area contributed by atoms with Crippen LogP contribution in [0.3, 0.4) is 0 Å². The van der Waals surface area contributed by atoms with Gasteiger partial charge in [0.15, 0.2) is 0 Å². The SMILES string of the molecule is C=C(C)C(=O)OC(CCCCCCCCCC)[Si](Cl)(Cl)Cl. The molecule has 21 heavy (non-hydrogen) atoms. The van der Waals surface area contributed by atoms with Gasteiger partial charge in [-0.3, -0.25) is 0 Å². The van der Waals surface area contributed by atoms with E-state index in [1.54, 1.807) is 6.92 Å². The van der Waals surface area contributed by atoms with E-state index in [0.717, 1.165) is 12.8 Å². The summed E-state index contributed by atoms with van der Waals surface area (Å²) in [5.41, 5.74) is -0.244. The Morgan fingerprint density at radius 3 is 1.95 bits per heavy atom. The number of carbonyl (C=O) groups excluding carboxylic acids is 1. The van der Waals surface area contributed by atoms with Crippen molar-refractivity contribution in [3.05, 3.63) is 12.2 Å². The van der Waals surface area contributed by atoms with E-state index in [1.807, 2.05) is 0 Å². The molecule has 0 aliphatic heterocycles. The van der Waals surface area contributed by atoms with Crippen molar-refractivity contribution in [1.82, 2.24) is 0 Å². The molecule has 0 amide bonds. The molecule has 0 saturated carbocycles. The molecule has 0 radical (unpaired) electrons. The molecule has 0 saturated heterocycles. The first-order valence-corrected chi connectivity index (χ1v) is 12.8. The molecule has 0 aromatic rings. The maximum Gasteiger partial charge on any atom is 0.381 e. The Balaban J connectivity index is 3.93. The van der Waals surface area contributed by atoms with Gasteiger partial charge in [-0.05, 0) is 19.8 Å². The fourth-order valence-electron chi connectivity index (χ4n) is 1.98. The Kier molecular flexibility index (Phi) is 12.0. The molecule has 6 heteroatoms. The van der Waals surface area contributed by atoms with Crippen molar-refractivity contribution in [3.63, 3.8) is 0 Å². The zero-order valence-electron chi connectivity index (χ0n) is 13.1. The van der Waals surface area contributed by atoms with Crippen molar-refractivity contribution in [1.29, 1.82) is 0 Å². The molecule has 1 unspecified atom stereocenters. The minimum Gasteiger partial charge on any atom is -0.458 e. The highest BCUT2D eigenvalue weighted by atomic mass is 35.8. The van der Waals surface area contributed by atoms with Crippen LogP contribution in [0.25, 0.3) is 0 Å². The molecule has 0 aromatic carbocycles. The van der Waals surface area contributed by atoms with Gasteiger partial charge in [-0.2, -0.15) is 0 Å². The normalized spacial score (nSPS) is 13.0. The van der Waals surface area contributed by atoms with E-state index in [0.29, 0.717) is 12.0 Å². The Labute approximate surface area is 144 Å². The van der Waals surface area contributed by atoms with Crippen molar-refractivity contribution < 1.29 is 9.53 Å². The molecule has 0 aliphatic rings. The number of carbonyl (C=O) groups is 1. The van der Waals surface area contributed by atoms with E-state index in [-0.39, 0.29) is 0 Å². The van der Waals surface area contributed by atoms with Gasteiger partial charge in [-0.1, -0.05) is 58.4 Å². The van der Waals surface area contributed by atoms with E-state index in [4.69, 9.17) is 38.0 Å². The molecule has 0 rings (SSSR count). The molecule has 124 valence electrons. The predicted molar refractivity (Wildman–Crippen MR) is 95.2 cm³/mol. The van der Waals surface area contributed by atoms with Crippen LogP contribution in [0.15, 0.2) is 12.2 Å². The third-order valence-electron chi connectivity index (χ3n) is 3.28. The standard InChI is InChI=1S/C15H27Cl3O2Si/c1-4-5-6-7-8-9-10-11-12-14(21(16,17)18)20-15(19)13(2)3/h14H,2,4-12H2,1,3H3. The minimum absolute atomic E-state index is 0.333. The molecule has 1 atom stereocenters. The van der Waals surface area contributed by atoms with Crippen LogP contribution in [-0.2, 0) is 9.53 Å². The van der Waals surface area contributed by atoms with Crippen molar-refractivity contribution in [3.8, 4) is 0 Å². The second kappa shape index (κ2) is 11.8. The third kappa shape index (κ3) is 11.5. The summed E-state index contributed by atoms with van der Waals surface area (Å²) in [7, 11) is 0. The van der Waals surface area contributed by atoms with Crippen LogP contribution in [-0.4, -0.2) is 17.7 Å². The first-order chi connectivity index (χ1) is 9.79. The van der Waals surface area contributed by atoms with Crippen molar-refractivity contribution in [2.75, 3.05) is 0 Å². The van der Waals surface area contributed by atoms with E-state index in [9.17, 15) is 4.79 Å². The molecule has 0 heterocycles. The highest BCUT2D eigenvalue weighted by Crippen LogP contribution is 2.30.